The fraction of sp³-hybridized carbons (Fsp3) is 0.333. The molecule has 0 atom stereocenters. The molecule has 2 aromatic rings. The van der Waals surface area contributed by atoms with Crippen molar-refractivity contribution in [1.82, 2.24) is 20.0 Å². The van der Waals surface area contributed by atoms with Crippen molar-refractivity contribution in [2.24, 2.45) is 0 Å². The van der Waals surface area contributed by atoms with Gasteiger partial charge < -0.3 is 24.6 Å². The second-order valence-corrected chi connectivity index (χ2v) is 6.28. The zero-order chi connectivity index (χ0) is 18.6. The lowest BCUT2D eigenvalue weighted by atomic mass is 10.2. The summed E-state index contributed by atoms with van der Waals surface area (Å²) in [5.41, 5.74) is 1.32. The topological polar surface area (TPSA) is 96.9 Å². The largest absolute Gasteiger partial charge is 0.454 e. The van der Waals surface area contributed by atoms with E-state index in [0.717, 1.165) is 23.5 Å². The van der Waals surface area contributed by atoms with Gasteiger partial charge in [-0.1, -0.05) is 6.07 Å². The molecule has 2 aliphatic rings. The highest BCUT2D eigenvalue weighted by Gasteiger charge is 2.22. The van der Waals surface area contributed by atoms with Gasteiger partial charge in [0.25, 0.3) is 5.91 Å². The predicted octanol–water partition coefficient (Wildman–Crippen LogP) is 0.732. The normalized spacial score (nSPS) is 15.6. The minimum absolute atomic E-state index is 0.171. The molecule has 1 N–H and O–H groups in total. The van der Waals surface area contributed by atoms with E-state index in [1.807, 2.05) is 18.2 Å². The summed E-state index contributed by atoms with van der Waals surface area (Å²) in [5, 5.41) is 11.3. The first kappa shape index (κ1) is 17.1. The highest BCUT2D eigenvalue weighted by molar-refractivity contribution is 5.92. The number of aromatic nitrogens is 2. The van der Waals surface area contributed by atoms with Crippen LogP contribution in [-0.4, -0.2) is 65.3 Å². The van der Waals surface area contributed by atoms with Crippen LogP contribution in [0.4, 0.5) is 5.82 Å². The van der Waals surface area contributed by atoms with E-state index in [-0.39, 0.29) is 12.7 Å². The number of ether oxygens (including phenoxy) is 2. The van der Waals surface area contributed by atoms with E-state index < -0.39 is 0 Å². The third kappa shape index (κ3) is 3.76. The van der Waals surface area contributed by atoms with Crippen LogP contribution in [0.5, 0.6) is 11.5 Å². The molecule has 2 amide bonds. The van der Waals surface area contributed by atoms with E-state index in [1.165, 1.54) is 0 Å². The molecular weight excluding hydrogens is 350 g/mol. The molecule has 2 aliphatic heterocycles. The molecule has 9 nitrogen and oxygen atoms in total. The summed E-state index contributed by atoms with van der Waals surface area (Å²) in [4.78, 5) is 26.5. The molecular formula is C18H19N5O4. The van der Waals surface area contributed by atoms with E-state index >= 15 is 0 Å². The number of rotatable bonds is 5. The summed E-state index contributed by atoms with van der Waals surface area (Å²) in [6.45, 7) is 2.88. The lowest BCUT2D eigenvalue weighted by Gasteiger charge is -2.32. The van der Waals surface area contributed by atoms with Crippen molar-refractivity contribution in [2.75, 3.05) is 38.3 Å². The van der Waals surface area contributed by atoms with Gasteiger partial charge in [-0.3, -0.25) is 9.59 Å². The molecule has 0 saturated carbocycles. The van der Waals surface area contributed by atoms with E-state index in [1.54, 1.807) is 21.9 Å². The zero-order valence-electron chi connectivity index (χ0n) is 14.6. The number of anilines is 1. The molecule has 27 heavy (non-hydrogen) atoms. The van der Waals surface area contributed by atoms with Crippen molar-refractivity contribution in [3.05, 3.63) is 41.6 Å². The van der Waals surface area contributed by atoms with Crippen LogP contribution in [0.25, 0.3) is 0 Å². The highest BCUT2D eigenvalue weighted by Crippen LogP contribution is 2.32. The van der Waals surface area contributed by atoms with Gasteiger partial charge in [-0.15, -0.1) is 10.2 Å². The van der Waals surface area contributed by atoms with Crippen LogP contribution in [0.1, 0.15) is 16.1 Å². The Bertz CT molecular complexity index is 834. The first-order chi connectivity index (χ1) is 13.2. The average molecular weight is 369 g/mol. The number of benzene rings is 1. The smallest absolute Gasteiger partial charge is 0.274 e. The maximum Gasteiger partial charge on any atom is 0.274 e. The Morgan fingerprint density at radius 1 is 1.07 bits per heavy atom. The number of piperazine rings is 1. The Morgan fingerprint density at radius 3 is 2.63 bits per heavy atom. The van der Waals surface area contributed by atoms with Gasteiger partial charge in [0.1, 0.15) is 5.82 Å². The second kappa shape index (κ2) is 7.48. The average Bonchev–Trinajstić information content (AvgIpc) is 3.20. The summed E-state index contributed by atoms with van der Waals surface area (Å²) in [6.07, 6.45) is 0.808. The van der Waals surface area contributed by atoms with E-state index in [9.17, 15) is 9.59 Å². The molecule has 140 valence electrons. The molecule has 0 radical (unpaired) electrons. The van der Waals surface area contributed by atoms with Crippen LogP contribution in [0.2, 0.25) is 0 Å². The molecule has 0 unspecified atom stereocenters. The van der Waals surface area contributed by atoms with Crippen LogP contribution < -0.4 is 14.8 Å². The summed E-state index contributed by atoms with van der Waals surface area (Å²) in [7, 11) is 0. The standard InChI is InChI=1S/C18H19N5O4/c24-11-22-5-7-23(8-6-22)18(25)14-2-4-17(21-20-14)19-10-13-1-3-15-16(9-13)27-12-26-15/h1-4,9,11H,5-8,10,12H2,(H,19,21). The maximum atomic E-state index is 12.5. The van der Waals surface area contributed by atoms with Gasteiger partial charge in [-0.05, 0) is 29.8 Å². The van der Waals surface area contributed by atoms with Crippen molar-refractivity contribution in [2.45, 2.75) is 6.54 Å². The van der Waals surface area contributed by atoms with Crippen LogP contribution in [0.15, 0.2) is 30.3 Å². The zero-order valence-corrected chi connectivity index (χ0v) is 14.6. The number of nitrogens with one attached hydrogen (secondary N) is 1. The number of nitrogens with zero attached hydrogens (tertiary/aromatic N) is 4. The molecule has 1 aromatic carbocycles. The van der Waals surface area contributed by atoms with Crippen LogP contribution >= 0.6 is 0 Å². The molecule has 4 rings (SSSR count). The van der Waals surface area contributed by atoms with Gasteiger partial charge in [0, 0.05) is 32.7 Å². The Labute approximate surface area is 155 Å². The number of hydrogen-bond acceptors (Lipinski definition) is 7. The Hall–Kier alpha value is -3.36. The number of fused-ring (bicyclic) bond motifs is 1. The minimum Gasteiger partial charge on any atom is -0.454 e. The summed E-state index contributed by atoms with van der Waals surface area (Å²) >= 11 is 0. The van der Waals surface area contributed by atoms with Crippen molar-refractivity contribution < 1.29 is 19.1 Å². The molecule has 0 aliphatic carbocycles. The number of amides is 2. The van der Waals surface area contributed by atoms with Gasteiger partial charge in [0.2, 0.25) is 13.2 Å². The fourth-order valence-electron chi connectivity index (χ4n) is 2.98. The molecule has 9 heteroatoms. The number of hydrogen-bond donors (Lipinski definition) is 1. The van der Waals surface area contributed by atoms with Gasteiger partial charge in [-0.25, -0.2) is 0 Å². The molecule has 1 aromatic heterocycles. The SMILES string of the molecule is O=CN1CCN(C(=O)c2ccc(NCc3ccc4c(c3)OCO4)nn2)CC1. The summed E-state index contributed by atoms with van der Waals surface area (Å²) in [5.74, 6) is 1.89. The van der Waals surface area contributed by atoms with Crippen LogP contribution in [0, 0.1) is 0 Å². The fourth-order valence-corrected chi connectivity index (χ4v) is 2.98. The van der Waals surface area contributed by atoms with Crippen molar-refractivity contribution in [1.29, 1.82) is 0 Å². The van der Waals surface area contributed by atoms with E-state index in [4.69, 9.17) is 9.47 Å². The number of carbonyl (C=O) groups excluding carboxylic acids is 2. The van der Waals surface area contributed by atoms with Crippen LogP contribution in [-0.2, 0) is 11.3 Å². The van der Waals surface area contributed by atoms with Crippen molar-refractivity contribution >= 4 is 18.1 Å². The minimum atomic E-state index is -0.171. The predicted molar refractivity (Wildman–Crippen MR) is 95.5 cm³/mol. The molecule has 3 heterocycles. The molecule has 1 fully saturated rings. The van der Waals surface area contributed by atoms with Crippen molar-refractivity contribution in [3.8, 4) is 11.5 Å². The van der Waals surface area contributed by atoms with E-state index in [2.05, 4.69) is 15.5 Å². The molecule has 0 bridgehead atoms. The molecule has 0 spiro atoms. The summed E-state index contributed by atoms with van der Waals surface area (Å²) in [6, 6.07) is 9.12. The van der Waals surface area contributed by atoms with Gasteiger partial charge in [0.15, 0.2) is 17.2 Å². The van der Waals surface area contributed by atoms with Gasteiger partial charge in [0.05, 0.1) is 0 Å². The number of carbonyl (C=O) groups is 2. The highest BCUT2D eigenvalue weighted by atomic mass is 16.7. The summed E-state index contributed by atoms with van der Waals surface area (Å²) < 4.78 is 10.7. The Balaban J connectivity index is 1.33. The van der Waals surface area contributed by atoms with Gasteiger partial charge in [-0.2, -0.15) is 0 Å². The third-order valence-corrected chi connectivity index (χ3v) is 4.54. The molecule has 1 saturated heterocycles. The lowest BCUT2D eigenvalue weighted by molar-refractivity contribution is -0.119. The van der Waals surface area contributed by atoms with Gasteiger partial charge >= 0.3 is 0 Å². The first-order valence-corrected chi connectivity index (χ1v) is 8.68. The lowest BCUT2D eigenvalue weighted by Crippen LogP contribution is -2.48. The van der Waals surface area contributed by atoms with Crippen LogP contribution in [0.3, 0.4) is 0 Å². The second-order valence-electron chi connectivity index (χ2n) is 6.28. The maximum absolute atomic E-state index is 12.5. The quantitative estimate of drug-likeness (QED) is 0.776. The van der Waals surface area contributed by atoms with E-state index in [0.29, 0.717) is 44.2 Å². The monoisotopic (exact) mass is 369 g/mol. The third-order valence-electron chi connectivity index (χ3n) is 4.54. The first-order valence-electron chi connectivity index (χ1n) is 8.68. The Kier molecular flexibility index (Phi) is 4.73. The van der Waals surface area contributed by atoms with Crippen molar-refractivity contribution in [3.63, 3.8) is 0 Å². The Morgan fingerprint density at radius 2 is 1.89 bits per heavy atom.